The van der Waals surface area contributed by atoms with E-state index in [2.05, 4.69) is 0 Å². The van der Waals surface area contributed by atoms with Crippen LogP contribution in [0.25, 0.3) is 0 Å². The molecule has 3 aliphatic rings. The molecule has 1 saturated carbocycles. The number of epoxide rings is 1. The highest BCUT2D eigenvalue weighted by Gasteiger charge is 2.83. The number of esters is 1. The summed E-state index contributed by atoms with van der Waals surface area (Å²) in [7, 11) is 0. The predicted octanol–water partition coefficient (Wildman–Crippen LogP) is -0.0941. The summed E-state index contributed by atoms with van der Waals surface area (Å²) in [6, 6.07) is 0. The number of Topliss-reactive ketones (excluding diaryl/α,β-unsaturated/α-hetero) is 1. The number of fused-ring (bicyclic) bond motifs is 3. The van der Waals surface area contributed by atoms with Crippen molar-refractivity contribution in [1.29, 1.82) is 0 Å². The molecule has 0 spiro atoms. The molecule has 4 heteroatoms. The van der Waals surface area contributed by atoms with Gasteiger partial charge in [0.15, 0.2) is 11.4 Å². The summed E-state index contributed by atoms with van der Waals surface area (Å²) < 4.78 is 10.2. The predicted molar refractivity (Wildman–Crippen MR) is 40.8 cm³/mol. The van der Waals surface area contributed by atoms with Crippen LogP contribution in [-0.2, 0) is 19.1 Å². The molecule has 3 rings (SSSR count). The van der Waals surface area contributed by atoms with E-state index >= 15 is 0 Å². The zero-order chi connectivity index (χ0) is 9.43. The molecule has 13 heavy (non-hydrogen) atoms. The van der Waals surface area contributed by atoms with Crippen LogP contribution in [0.3, 0.4) is 0 Å². The zero-order valence-corrected chi connectivity index (χ0v) is 7.49. The van der Waals surface area contributed by atoms with Crippen molar-refractivity contribution in [3.8, 4) is 0 Å². The van der Waals surface area contributed by atoms with Crippen molar-refractivity contribution in [1.82, 2.24) is 0 Å². The third-order valence-electron chi connectivity index (χ3n) is 3.78. The Bertz CT molecular complexity index is 337. The Morgan fingerprint density at radius 2 is 2.08 bits per heavy atom. The average Bonchev–Trinajstić information content (AvgIpc) is 2.40. The Hall–Kier alpha value is -0.900. The summed E-state index contributed by atoms with van der Waals surface area (Å²) in [5.41, 5.74) is -1.29. The van der Waals surface area contributed by atoms with Gasteiger partial charge < -0.3 is 9.47 Å². The first kappa shape index (κ1) is 7.50. The first-order valence-corrected chi connectivity index (χ1v) is 4.42. The number of ketones is 1. The SMILES string of the molecule is C[C@@]12O[C@@]1(C)[C@@H]1C(=O)OC[C@H]1C2=O. The summed E-state index contributed by atoms with van der Waals surface area (Å²) in [6.07, 6.45) is 0. The molecule has 1 aliphatic carbocycles. The van der Waals surface area contributed by atoms with Gasteiger partial charge in [-0.3, -0.25) is 9.59 Å². The van der Waals surface area contributed by atoms with E-state index in [1.54, 1.807) is 6.92 Å². The number of ether oxygens (including phenoxy) is 2. The molecule has 70 valence electrons. The van der Waals surface area contributed by atoms with Crippen molar-refractivity contribution in [2.24, 2.45) is 11.8 Å². The Morgan fingerprint density at radius 3 is 2.69 bits per heavy atom. The standard InChI is InChI=1S/C9H10O4/c1-8-5-4(3-12-7(5)11)6(10)9(8,2)13-8/h4-5H,3H2,1-2H3/t4-,5+,8+,9+/m1/s1. The minimum atomic E-state index is -0.707. The van der Waals surface area contributed by atoms with Crippen LogP contribution in [0.4, 0.5) is 0 Å². The monoisotopic (exact) mass is 182 g/mol. The quantitative estimate of drug-likeness (QED) is 0.388. The lowest BCUT2D eigenvalue weighted by Gasteiger charge is -2.09. The van der Waals surface area contributed by atoms with Gasteiger partial charge in [0, 0.05) is 0 Å². The van der Waals surface area contributed by atoms with Crippen LogP contribution in [0.5, 0.6) is 0 Å². The summed E-state index contributed by atoms with van der Waals surface area (Å²) in [5, 5.41) is 0. The fourth-order valence-electron chi connectivity index (χ4n) is 2.77. The molecule has 0 N–H and O–H groups in total. The first-order valence-electron chi connectivity index (χ1n) is 4.42. The van der Waals surface area contributed by atoms with Crippen molar-refractivity contribution in [3.05, 3.63) is 0 Å². The second-order valence-corrected chi connectivity index (χ2v) is 4.32. The van der Waals surface area contributed by atoms with E-state index in [1.165, 1.54) is 0 Å². The van der Waals surface area contributed by atoms with Gasteiger partial charge in [0.25, 0.3) is 0 Å². The van der Waals surface area contributed by atoms with E-state index in [1.807, 2.05) is 6.92 Å². The molecule has 4 atom stereocenters. The highest BCUT2D eigenvalue weighted by Crippen LogP contribution is 2.63. The lowest BCUT2D eigenvalue weighted by molar-refractivity contribution is -0.143. The molecule has 0 aromatic heterocycles. The van der Waals surface area contributed by atoms with Gasteiger partial charge in [-0.1, -0.05) is 0 Å². The number of cyclic esters (lactones) is 1. The van der Waals surface area contributed by atoms with E-state index in [9.17, 15) is 9.59 Å². The summed E-state index contributed by atoms with van der Waals surface area (Å²) in [4.78, 5) is 23.1. The Balaban J connectivity index is 2.11. The highest BCUT2D eigenvalue weighted by molar-refractivity contribution is 6.03. The second kappa shape index (κ2) is 1.66. The van der Waals surface area contributed by atoms with Gasteiger partial charge in [-0.25, -0.2) is 0 Å². The highest BCUT2D eigenvalue weighted by atomic mass is 16.6. The molecule has 0 radical (unpaired) electrons. The van der Waals surface area contributed by atoms with Crippen LogP contribution < -0.4 is 0 Å². The average molecular weight is 182 g/mol. The molecular formula is C9H10O4. The van der Waals surface area contributed by atoms with Crippen LogP contribution in [-0.4, -0.2) is 29.6 Å². The minimum absolute atomic E-state index is 0.0332. The smallest absolute Gasteiger partial charge is 0.312 e. The molecule has 0 aromatic rings. The number of rotatable bonds is 0. The fraction of sp³-hybridized carbons (Fsp3) is 0.778. The number of carbonyl (C=O) groups is 2. The largest absolute Gasteiger partial charge is 0.465 e. The van der Waals surface area contributed by atoms with Gasteiger partial charge in [0.2, 0.25) is 0 Å². The third-order valence-corrected chi connectivity index (χ3v) is 3.78. The first-order chi connectivity index (χ1) is 6.01. The summed E-state index contributed by atoms with van der Waals surface area (Å²) in [5.74, 6) is -0.853. The lowest BCUT2D eigenvalue weighted by atomic mass is 9.90. The van der Waals surface area contributed by atoms with Gasteiger partial charge in [0.05, 0.1) is 5.92 Å². The lowest BCUT2D eigenvalue weighted by Crippen LogP contribution is -2.27. The molecular weight excluding hydrogens is 172 g/mol. The van der Waals surface area contributed by atoms with Gasteiger partial charge in [0.1, 0.15) is 18.1 Å². The van der Waals surface area contributed by atoms with Crippen LogP contribution in [0, 0.1) is 11.8 Å². The normalized spacial score (nSPS) is 57.4. The Morgan fingerprint density at radius 1 is 1.38 bits per heavy atom. The maximum Gasteiger partial charge on any atom is 0.312 e. The van der Waals surface area contributed by atoms with Gasteiger partial charge in [-0.15, -0.1) is 0 Å². The van der Waals surface area contributed by atoms with E-state index in [0.717, 1.165) is 0 Å². The van der Waals surface area contributed by atoms with Gasteiger partial charge in [-0.2, -0.15) is 0 Å². The van der Waals surface area contributed by atoms with E-state index in [4.69, 9.17) is 9.47 Å². The van der Waals surface area contributed by atoms with Crippen LogP contribution in [0.1, 0.15) is 13.8 Å². The van der Waals surface area contributed by atoms with Gasteiger partial charge >= 0.3 is 5.97 Å². The van der Waals surface area contributed by atoms with Crippen LogP contribution in [0.15, 0.2) is 0 Å². The Kier molecular flexibility index (Phi) is 0.959. The van der Waals surface area contributed by atoms with Crippen molar-refractivity contribution in [2.45, 2.75) is 25.0 Å². The molecule has 0 unspecified atom stereocenters. The van der Waals surface area contributed by atoms with E-state index in [-0.39, 0.29) is 30.2 Å². The van der Waals surface area contributed by atoms with E-state index < -0.39 is 11.2 Å². The van der Waals surface area contributed by atoms with Crippen molar-refractivity contribution in [3.63, 3.8) is 0 Å². The number of carbonyl (C=O) groups excluding carboxylic acids is 2. The molecule has 2 saturated heterocycles. The minimum Gasteiger partial charge on any atom is -0.465 e. The molecule has 2 heterocycles. The topological polar surface area (TPSA) is 55.9 Å². The van der Waals surface area contributed by atoms with Gasteiger partial charge in [-0.05, 0) is 13.8 Å². The Labute approximate surface area is 75.2 Å². The fourth-order valence-corrected chi connectivity index (χ4v) is 2.77. The second-order valence-electron chi connectivity index (χ2n) is 4.32. The van der Waals surface area contributed by atoms with Crippen molar-refractivity contribution < 1.29 is 19.1 Å². The number of hydrogen-bond acceptors (Lipinski definition) is 4. The van der Waals surface area contributed by atoms with Crippen LogP contribution >= 0.6 is 0 Å². The van der Waals surface area contributed by atoms with Crippen molar-refractivity contribution >= 4 is 11.8 Å². The molecule has 0 amide bonds. The molecule has 0 aromatic carbocycles. The van der Waals surface area contributed by atoms with Crippen molar-refractivity contribution in [2.75, 3.05) is 6.61 Å². The summed E-state index contributed by atoms with van der Waals surface area (Å²) in [6.45, 7) is 3.83. The maximum absolute atomic E-state index is 11.7. The molecule has 3 fully saturated rings. The summed E-state index contributed by atoms with van der Waals surface area (Å²) >= 11 is 0. The van der Waals surface area contributed by atoms with E-state index in [0.29, 0.717) is 0 Å². The maximum atomic E-state index is 11.7. The molecule has 2 aliphatic heterocycles. The number of hydrogen-bond donors (Lipinski definition) is 0. The molecule has 4 nitrogen and oxygen atoms in total. The zero-order valence-electron chi connectivity index (χ0n) is 7.49. The molecule has 0 bridgehead atoms. The third kappa shape index (κ3) is 0.544. The van der Waals surface area contributed by atoms with Crippen LogP contribution in [0.2, 0.25) is 0 Å².